The van der Waals surface area contributed by atoms with E-state index < -0.39 is 0 Å². The molecule has 6 heteroatoms. The smallest absolute Gasteiger partial charge is 0.242 e. The van der Waals surface area contributed by atoms with Gasteiger partial charge in [-0.15, -0.1) is 0 Å². The third-order valence-electron chi connectivity index (χ3n) is 3.79. The van der Waals surface area contributed by atoms with Crippen molar-refractivity contribution in [3.8, 4) is 11.4 Å². The summed E-state index contributed by atoms with van der Waals surface area (Å²) >= 11 is 5.27. The summed E-state index contributed by atoms with van der Waals surface area (Å²) in [6.07, 6.45) is 2.18. The van der Waals surface area contributed by atoms with Gasteiger partial charge in [-0.25, -0.2) is 0 Å². The molecule has 21 heavy (non-hydrogen) atoms. The number of carbonyl (C=O) groups excluding carboxylic acids is 1. The summed E-state index contributed by atoms with van der Waals surface area (Å²) in [5.41, 5.74) is 2.12. The molecule has 1 N–H and O–H groups in total. The van der Waals surface area contributed by atoms with Crippen molar-refractivity contribution < 1.29 is 4.79 Å². The molecule has 1 aliphatic heterocycles. The summed E-state index contributed by atoms with van der Waals surface area (Å²) in [7, 11) is 0. The maximum Gasteiger partial charge on any atom is 0.242 e. The first kappa shape index (κ1) is 14.0. The molecule has 2 heterocycles. The molecule has 1 aromatic carbocycles. The second kappa shape index (κ2) is 5.81. The molecule has 0 aliphatic carbocycles. The number of nitrogens with zero attached hydrogens (tertiary/aromatic N) is 3. The normalized spacial score (nSPS) is 14.6. The molecule has 3 rings (SSSR count). The molecule has 2 aromatic rings. The highest BCUT2D eigenvalue weighted by molar-refractivity contribution is 7.71. The van der Waals surface area contributed by atoms with E-state index in [0.29, 0.717) is 4.77 Å². The molecule has 0 atom stereocenters. The van der Waals surface area contributed by atoms with Crippen LogP contribution in [-0.2, 0) is 11.3 Å². The lowest BCUT2D eigenvalue weighted by Crippen LogP contribution is -2.31. The molecule has 0 unspecified atom stereocenters. The van der Waals surface area contributed by atoms with Crippen LogP contribution in [0.3, 0.4) is 0 Å². The minimum atomic E-state index is 0.110. The number of H-pyrrole nitrogens is 1. The lowest BCUT2D eigenvalue weighted by molar-refractivity contribution is -0.130. The summed E-state index contributed by atoms with van der Waals surface area (Å²) < 4.78 is 2.27. The average Bonchev–Trinajstić information content (AvgIpc) is 3.10. The zero-order chi connectivity index (χ0) is 14.8. The van der Waals surface area contributed by atoms with Gasteiger partial charge in [-0.3, -0.25) is 14.5 Å². The Morgan fingerprint density at radius 3 is 2.86 bits per heavy atom. The number of aromatic nitrogens is 3. The largest absolute Gasteiger partial charge is 0.341 e. The van der Waals surface area contributed by atoms with Crippen molar-refractivity contribution in [1.82, 2.24) is 19.7 Å². The molecule has 0 spiro atoms. The van der Waals surface area contributed by atoms with Crippen LogP contribution in [0.1, 0.15) is 18.4 Å². The van der Waals surface area contributed by atoms with E-state index in [1.165, 1.54) is 0 Å². The maximum absolute atomic E-state index is 12.3. The zero-order valence-corrected chi connectivity index (χ0v) is 12.8. The van der Waals surface area contributed by atoms with Gasteiger partial charge in [0.15, 0.2) is 10.6 Å². The fraction of sp³-hybridized carbons (Fsp3) is 0.400. The number of hydrogen-bond donors (Lipinski definition) is 1. The van der Waals surface area contributed by atoms with E-state index in [4.69, 9.17) is 12.2 Å². The van der Waals surface area contributed by atoms with Crippen LogP contribution in [0.2, 0.25) is 0 Å². The Labute approximate surface area is 128 Å². The van der Waals surface area contributed by atoms with E-state index >= 15 is 0 Å². The highest BCUT2D eigenvalue weighted by Gasteiger charge is 2.20. The van der Waals surface area contributed by atoms with Gasteiger partial charge in [0, 0.05) is 18.7 Å². The van der Waals surface area contributed by atoms with Crippen LogP contribution in [-0.4, -0.2) is 38.7 Å². The zero-order valence-electron chi connectivity index (χ0n) is 12.0. The minimum Gasteiger partial charge on any atom is -0.341 e. The Morgan fingerprint density at radius 1 is 1.38 bits per heavy atom. The van der Waals surface area contributed by atoms with Gasteiger partial charge in [0.2, 0.25) is 5.91 Å². The highest BCUT2D eigenvalue weighted by Crippen LogP contribution is 2.19. The SMILES string of the molecule is Cc1cccc(-c2n[nH]c(=S)n2CC(=O)N2CCCC2)c1. The van der Waals surface area contributed by atoms with Crippen molar-refractivity contribution in [2.75, 3.05) is 13.1 Å². The van der Waals surface area contributed by atoms with E-state index in [1.807, 2.05) is 36.1 Å². The lowest BCUT2D eigenvalue weighted by atomic mass is 10.1. The summed E-state index contributed by atoms with van der Waals surface area (Å²) in [5, 5.41) is 7.08. The Kier molecular flexibility index (Phi) is 3.88. The number of likely N-dealkylation sites (tertiary alicyclic amines) is 1. The molecule has 1 amide bonds. The van der Waals surface area contributed by atoms with Crippen molar-refractivity contribution >= 4 is 18.1 Å². The molecule has 0 bridgehead atoms. The Bertz CT molecular complexity index is 712. The summed E-state index contributed by atoms with van der Waals surface area (Å²) in [5.74, 6) is 0.829. The lowest BCUT2D eigenvalue weighted by Gasteiger charge is -2.16. The van der Waals surface area contributed by atoms with Gasteiger partial charge in [0.25, 0.3) is 0 Å². The monoisotopic (exact) mass is 302 g/mol. The Morgan fingerprint density at radius 2 is 2.14 bits per heavy atom. The van der Waals surface area contributed by atoms with Crippen molar-refractivity contribution in [1.29, 1.82) is 0 Å². The molecule has 0 radical (unpaired) electrons. The molecule has 1 aromatic heterocycles. The second-order valence-electron chi connectivity index (χ2n) is 5.40. The third kappa shape index (κ3) is 2.90. The average molecular weight is 302 g/mol. The standard InChI is InChI=1S/C15H18N4OS/c1-11-5-4-6-12(9-11)14-16-17-15(21)19(14)10-13(20)18-7-2-3-8-18/h4-6,9H,2-3,7-8,10H2,1H3,(H,17,21). The van der Waals surface area contributed by atoms with E-state index in [-0.39, 0.29) is 12.5 Å². The highest BCUT2D eigenvalue weighted by atomic mass is 32.1. The van der Waals surface area contributed by atoms with Crippen molar-refractivity contribution in [2.24, 2.45) is 0 Å². The van der Waals surface area contributed by atoms with Crippen LogP contribution in [0.5, 0.6) is 0 Å². The Balaban J connectivity index is 1.90. The number of hydrogen-bond acceptors (Lipinski definition) is 3. The first-order valence-electron chi connectivity index (χ1n) is 7.15. The number of carbonyl (C=O) groups is 1. The van der Waals surface area contributed by atoms with Crippen LogP contribution in [0.15, 0.2) is 24.3 Å². The minimum absolute atomic E-state index is 0.110. The number of rotatable bonds is 3. The quantitative estimate of drug-likeness (QED) is 0.887. The first-order chi connectivity index (χ1) is 10.1. The fourth-order valence-electron chi connectivity index (χ4n) is 2.67. The van der Waals surface area contributed by atoms with Gasteiger partial charge >= 0.3 is 0 Å². The van der Waals surface area contributed by atoms with Gasteiger partial charge in [-0.2, -0.15) is 5.10 Å². The van der Waals surface area contributed by atoms with Crippen LogP contribution in [0.4, 0.5) is 0 Å². The molecule has 5 nitrogen and oxygen atoms in total. The predicted octanol–water partition coefficient (Wildman–Crippen LogP) is 2.54. The summed E-state index contributed by atoms with van der Waals surface area (Å²) in [6, 6.07) is 8.04. The topological polar surface area (TPSA) is 53.9 Å². The number of benzene rings is 1. The van der Waals surface area contributed by atoms with Crippen LogP contribution in [0, 0.1) is 11.7 Å². The summed E-state index contributed by atoms with van der Waals surface area (Å²) in [4.78, 5) is 14.2. The molecule has 1 saturated heterocycles. The van der Waals surface area contributed by atoms with Crippen LogP contribution >= 0.6 is 12.2 Å². The molecule has 1 aliphatic rings. The van der Waals surface area contributed by atoms with Gasteiger partial charge in [0.05, 0.1) is 0 Å². The van der Waals surface area contributed by atoms with E-state index in [1.54, 1.807) is 4.57 Å². The molecule has 110 valence electrons. The van der Waals surface area contributed by atoms with Crippen LogP contribution < -0.4 is 0 Å². The van der Waals surface area contributed by atoms with Crippen LogP contribution in [0.25, 0.3) is 11.4 Å². The third-order valence-corrected chi connectivity index (χ3v) is 4.10. The van der Waals surface area contributed by atoms with E-state index in [2.05, 4.69) is 10.2 Å². The molecule has 1 fully saturated rings. The van der Waals surface area contributed by atoms with Gasteiger partial charge < -0.3 is 4.90 Å². The Hall–Kier alpha value is -1.95. The molecular formula is C15H18N4OS. The predicted molar refractivity (Wildman–Crippen MR) is 83.4 cm³/mol. The molecular weight excluding hydrogens is 284 g/mol. The fourth-order valence-corrected chi connectivity index (χ4v) is 2.87. The van der Waals surface area contributed by atoms with E-state index in [9.17, 15) is 4.79 Å². The van der Waals surface area contributed by atoms with Crippen molar-refractivity contribution in [3.05, 3.63) is 34.6 Å². The summed E-state index contributed by atoms with van der Waals surface area (Å²) in [6.45, 7) is 3.98. The number of nitrogens with one attached hydrogen (secondary N) is 1. The number of amides is 1. The van der Waals surface area contributed by atoms with Gasteiger partial charge in [0.1, 0.15) is 6.54 Å². The van der Waals surface area contributed by atoms with Crippen molar-refractivity contribution in [2.45, 2.75) is 26.3 Å². The van der Waals surface area contributed by atoms with E-state index in [0.717, 1.165) is 42.9 Å². The molecule has 0 saturated carbocycles. The number of aromatic amines is 1. The van der Waals surface area contributed by atoms with Gasteiger partial charge in [-0.1, -0.05) is 23.8 Å². The first-order valence-corrected chi connectivity index (χ1v) is 7.56. The van der Waals surface area contributed by atoms with Crippen molar-refractivity contribution in [3.63, 3.8) is 0 Å². The number of aryl methyl sites for hydroxylation is 1. The van der Waals surface area contributed by atoms with Gasteiger partial charge in [-0.05, 0) is 38.0 Å². The maximum atomic E-state index is 12.3. The second-order valence-corrected chi connectivity index (χ2v) is 5.78.